The molecule has 5 heteroatoms. The predicted octanol–water partition coefficient (Wildman–Crippen LogP) is 2.65. The molecule has 1 unspecified atom stereocenters. The Morgan fingerprint density at radius 3 is 2.94 bits per heavy atom. The fraction of sp³-hybridized carbons (Fsp3) is 0.417. The zero-order chi connectivity index (χ0) is 12.4. The fourth-order valence-electron chi connectivity index (χ4n) is 1.96. The molecule has 0 aromatic heterocycles. The highest BCUT2D eigenvalue weighted by Gasteiger charge is 2.25. The standard InChI is InChI=1S/C12H14Br2N2O/c1-8-7-15-4-5-16(8)12(17)10-6-9(13)2-3-11(10)14/h2-3,6,8,15H,4-5,7H2,1H3. The lowest BCUT2D eigenvalue weighted by molar-refractivity contribution is 0.0655. The van der Waals surface area contributed by atoms with Crippen molar-refractivity contribution in [2.75, 3.05) is 19.6 Å². The minimum absolute atomic E-state index is 0.0900. The van der Waals surface area contributed by atoms with E-state index in [9.17, 15) is 4.79 Å². The Morgan fingerprint density at radius 2 is 2.24 bits per heavy atom. The van der Waals surface area contributed by atoms with Crippen molar-refractivity contribution >= 4 is 37.8 Å². The number of rotatable bonds is 1. The lowest BCUT2D eigenvalue weighted by atomic mass is 10.1. The van der Waals surface area contributed by atoms with Gasteiger partial charge in [0.05, 0.1) is 5.56 Å². The van der Waals surface area contributed by atoms with E-state index in [1.165, 1.54) is 0 Å². The topological polar surface area (TPSA) is 32.3 Å². The van der Waals surface area contributed by atoms with Crippen molar-refractivity contribution in [1.29, 1.82) is 0 Å². The molecule has 1 aliphatic rings. The van der Waals surface area contributed by atoms with Gasteiger partial charge in [0, 0.05) is 34.6 Å². The molecule has 0 saturated carbocycles. The molecule has 1 amide bonds. The third kappa shape index (κ3) is 2.89. The summed E-state index contributed by atoms with van der Waals surface area (Å²) in [6.07, 6.45) is 0. The molecule has 0 bridgehead atoms. The highest BCUT2D eigenvalue weighted by atomic mass is 79.9. The summed E-state index contributed by atoms with van der Waals surface area (Å²) < 4.78 is 1.77. The minimum Gasteiger partial charge on any atom is -0.333 e. The Kier molecular flexibility index (Phi) is 4.22. The molecule has 0 radical (unpaired) electrons. The highest BCUT2D eigenvalue weighted by molar-refractivity contribution is 9.11. The molecule has 0 spiro atoms. The van der Waals surface area contributed by atoms with Crippen molar-refractivity contribution in [2.45, 2.75) is 13.0 Å². The number of hydrogen-bond acceptors (Lipinski definition) is 2. The van der Waals surface area contributed by atoms with Gasteiger partial charge in [0.2, 0.25) is 0 Å². The summed E-state index contributed by atoms with van der Waals surface area (Å²) in [7, 11) is 0. The van der Waals surface area contributed by atoms with Gasteiger partial charge in [-0.3, -0.25) is 4.79 Å². The van der Waals surface area contributed by atoms with Crippen molar-refractivity contribution in [3.63, 3.8) is 0 Å². The van der Waals surface area contributed by atoms with Gasteiger partial charge in [-0.2, -0.15) is 0 Å². The minimum atomic E-state index is 0.0900. The summed E-state index contributed by atoms with van der Waals surface area (Å²) >= 11 is 6.83. The summed E-state index contributed by atoms with van der Waals surface area (Å²) in [6.45, 7) is 4.55. The first-order valence-corrected chi connectivity index (χ1v) is 7.15. The van der Waals surface area contributed by atoms with E-state index in [1.54, 1.807) is 0 Å². The van der Waals surface area contributed by atoms with Gasteiger partial charge in [-0.05, 0) is 41.1 Å². The number of nitrogens with zero attached hydrogens (tertiary/aromatic N) is 1. The van der Waals surface area contributed by atoms with Crippen molar-refractivity contribution in [3.8, 4) is 0 Å². The number of piperazine rings is 1. The SMILES string of the molecule is CC1CNCCN1C(=O)c1cc(Br)ccc1Br. The second-order valence-electron chi connectivity index (χ2n) is 4.18. The first-order chi connectivity index (χ1) is 8.09. The van der Waals surface area contributed by atoms with Crippen LogP contribution in [-0.2, 0) is 0 Å². The zero-order valence-electron chi connectivity index (χ0n) is 9.54. The Bertz CT molecular complexity index is 437. The number of benzene rings is 1. The molecule has 1 fully saturated rings. The summed E-state index contributed by atoms with van der Waals surface area (Å²) in [5.41, 5.74) is 0.716. The molecule has 1 atom stereocenters. The van der Waals surface area contributed by atoms with Crippen molar-refractivity contribution in [1.82, 2.24) is 10.2 Å². The van der Waals surface area contributed by atoms with Crippen LogP contribution in [0.2, 0.25) is 0 Å². The molecule has 17 heavy (non-hydrogen) atoms. The van der Waals surface area contributed by atoms with Gasteiger partial charge < -0.3 is 10.2 Å². The van der Waals surface area contributed by atoms with Crippen LogP contribution in [0.3, 0.4) is 0 Å². The van der Waals surface area contributed by atoms with E-state index in [0.717, 1.165) is 28.6 Å². The largest absolute Gasteiger partial charge is 0.333 e. The normalized spacial score (nSPS) is 20.4. The van der Waals surface area contributed by atoms with E-state index in [0.29, 0.717) is 5.56 Å². The first kappa shape index (κ1) is 13.1. The number of carbonyl (C=O) groups excluding carboxylic acids is 1. The number of nitrogens with one attached hydrogen (secondary N) is 1. The molecule has 1 saturated heterocycles. The molecule has 1 aromatic carbocycles. The summed E-state index contributed by atoms with van der Waals surface area (Å²) in [6, 6.07) is 5.91. The monoisotopic (exact) mass is 360 g/mol. The van der Waals surface area contributed by atoms with E-state index in [-0.39, 0.29) is 11.9 Å². The Labute approximate surface area is 118 Å². The number of carbonyl (C=O) groups is 1. The van der Waals surface area contributed by atoms with Crippen LogP contribution in [0.15, 0.2) is 27.1 Å². The second-order valence-corrected chi connectivity index (χ2v) is 5.95. The van der Waals surface area contributed by atoms with Gasteiger partial charge in [-0.15, -0.1) is 0 Å². The van der Waals surface area contributed by atoms with Gasteiger partial charge in [-0.25, -0.2) is 0 Å². The number of amides is 1. The predicted molar refractivity (Wildman–Crippen MR) is 75.2 cm³/mol. The van der Waals surface area contributed by atoms with E-state index < -0.39 is 0 Å². The third-order valence-corrected chi connectivity index (χ3v) is 4.11. The molecule has 1 aromatic rings. The Balaban J connectivity index is 2.26. The van der Waals surface area contributed by atoms with E-state index in [1.807, 2.05) is 23.1 Å². The fourth-order valence-corrected chi connectivity index (χ4v) is 2.74. The van der Waals surface area contributed by atoms with Crippen molar-refractivity contribution in [2.24, 2.45) is 0 Å². The molecule has 1 aliphatic heterocycles. The second kappa shape index (κ2) is 5.50. The van der Waals surface area contributed by atoms with Crippen LogP contribution in [-0.4, -0.2) is 36.5 Å². The van der Waals surface area contributed by atoms with Crippen LogP contribution in [0.1, 0.15) is 17.3 Å². The van der Waals surface area contributed by atoms with Crippen LogP contribution in [0.5, 0.6) is 0 Å². The van der Waals surface area contributed by atoms with Crippen LogP contribution < -0.4 is 5.32 Å². The maximum atomic E-state index is 12.4. The molecular formula is C12H14Br2N2O. The highest BCUT2D eigenvalue weighted by Crippen LogP contribution is 2.23. The third-order valence-electron chi connectivity index (χ3n) is 2.92. The zero-order valence-corrected chi connectivity index (χ0v) is 12.7. The summed E-state index contributed by atoms with van der Waals surface area (Å²) in [4.78, 5) is 14.4. The maximum Gasteiger partial charge on any atom is 0.255 e. The van der Waals surface area contributed by atoms with Crippen molar-refractivity contribution in [3.05, 3.63) is 32.7 Å². The molecule has 1 heterocycles. The average Bonchev–Trinajstić information content (AvgIpc) is 2.32. The van der Waals surface area contributed by atoms with Gasteiger partial charge >= 0.3 is 0 Å². The molecule has 1 N–H and O–H groups in total. The average molecular weight is 362 g/mol. The maximum absolute atomic E-state index is 12.4. The van der Waals surface area contributed by atoms with E-state index in [4.69, 9.17) is 0 Å². The molecule has 2 rings (SSSR count). The van der Waals surface area contributed by atoms with Gasteiger partial charge in [0.25, 0.3) is 5.91 Å². The smallest absolute Gasteiger partial charge is 0.255 e. The first-order valence-electron chi connectivity index (χ1n) is 5.56. The quantitative estimate of drug-likeness (QED) is 0.833. The summed E-state index contributed by atoms with van der Waals surface area (Å²) in [5, 5.41) is 3.28. The van der Waals surface area contributed by atoms with Crippen LogP contribution in [0.4, 0.5) is 0 Å². The summed E-state index contributed by atoms with van der Waals surface area (Å²) in [5.74, 6) is 0.0900. The molecular weight excluding hydrogens is 348 g/mol. The lowest BCUT2D eigenvalue weighted by Gasteiger charge is -2.34. The number of hydrogen-bond donors (Lipinski definition) is 1. The van der Waals surface area contributed by atoms with E-state index in [2.05, 4.69) is 44.1 Å². The van der Waals surface area contributed by atoms with E-state index >= 15 is 0 Å². The van der Waals surface area contributed by atoms with Crippen LogP contribution in [0.25, 0.3) is 0 Å². The molecule has 92 valence electrons. The van der Waals surface area contributed by atoms with Gasteiger partial charge in [0.1, 0.15) is 0 Å². The van der Waals surface area contributed by atoms with Crippen LogP contribution >= 0.6 is 31.9 Å². The lowest BCUT2D eigenvalue weighted by Crippen LogP contribution is -2.52. The molecule has 3 nitrogen and oxygen atoms in total. The Morgan fingerprint density at radius 1 is 1.47 bits per heavy atom. The number of halogens is 2. The van der Waals surface area contributed by atoms with Crippen molar-refractivity contribution < 1.29 is 4.79 Å². The van der Waals surface area contributed by atoms with Crippen LogP contribution in [0, 0.1) is 0 Å². The van der Waals surface area contributed by atoms with Gasteiger partial charge in [-0.1, -0.05) is 15.9 Å². The molecule has 0 aliphatic carbocycles. The Hall–Kier alpha value is -0.390. The van der Waals surface area contributed by atoms with Gasteiger partial charge in [0.15, 0.2) is 0 Å².